The maximum Gasteiger partial charge on any atom is 0.335 e. The van der Waals surface area contributed by atoms with Gasteiger partial charge >= 0.3 is 11.9 Å². The van der Waals surface area contributed by atoms with E-state index in [1.807, 2.05) is 38.1 Å². The van der Waals surface area contributed by atoms with Crippen molar-refractivity contribution in [1.29, 1.82) is 0 Å². The lowest BCUT2D eigenvalue weighted by Gasteiger charge is -2.13. The summed E-state index contributed by atoms with van der Waals surface area (Å²) in [5, 5.41) is 22.3. The molecule has 0 saturated carbocycles. The number of nitrogens with one attached hydrogen (secondary N) is 1. The lowest BCUT2D eigenvalue weighted by Crippen LogP contribution is -2.06. The fraction of sp³-hybridized carbons (Fsp3) is 0.158. The highest BCUT2D eigenvalue weighted by Crippen LogP contribution is 2.27. The predicted molar refractivity (Wildman–Crippen MR) is 97.3 cm³/mol. The minimum absolute atomic E-state index is 0.0973. The number of fused-ring (bicyclic) bond motifs is 1. The molecule has 0 aliphatic rings. The van der Waals surface area contributed by atoms with Crippen molar-refractivity contribution in [1.82, 2.24) is 9.97 Å². The summed E-state index contributed by atoms with van der Waals surface area (Å²) in [5.74, 6) is -1.17. The predicted octanol–water partition coefficient (Wildman–Crippen LogP) is 3.89. The van der Waals surface area contributed by atoms with Gasteiger partial charge in [-0.05, 0) is 30.3 Å². The Balaban J connectivity index is 2.14. The summed E-state index contributed by atoms with van der Waals surface area (Å²) in [6.07, 6.45) is 0. The minimum atomic E-state index is -1.20. The monoisotopic (exact) mass is 351 g/mol. The van der Waals surface area contributed by atoms with Crippen molar-refractivity contribution in [3.05, 3.63) is 59.4 Å². The third-order valence-electron chi connectivity index (χ3n) is 3.83. The van der Waals surface area contributed by atoms with Gasteiger partial charge in [-0.3, -0.25) is 0 Å². The first-order valence-corrected chi connectivity index (χ1v) is 8.00. The van der Waals surface area contributed by atoms with E-state index in [2.05, 4.69) is 15.3 Å². The lowest BCUT2D eigenvalue weighted by atomic mass is 10.1. The maximum atomic E-state index is 11.3. The third-order valence-corrected chi connectivity index (χ3v) is 3.83. The molecule has 0 spiro atoms. The van der Waals surface area contributed by atoms with Crippen LogP contribution in [0.4, 0.5) is 11.5 Å². The number of aromatic nitrogens is 2. The van der Waals surface area contributed by atoms with Crippen LogP contribution in [0.1, 0.15) is 46.3 Å². The van der Waals surface area contributed by atoms with E-state index in [9.17, 15) is 19.8 Å². The van der Waals surface area contributed by atoms with E-state index in [0.29, 0.717) is 17.3 Å². The zero-order chi connectivity index (χ0) is 18.8. The molecule has 2 aromatic carbocycles. The van der Waals surface area contributed by atoms with Gasteiger partial charge in [-0.1, -0.05) is 26.0 Å². The van der Waals surface area contributed by atoms with Gasteiger partial charge in [0.15, 0.2) is 0 Å². The van der Waals surface area contributed by atoms with Crippen LogP contribution in [0.15, 0.2) is 42.5 Å². The minimum Gasteiger partial charge on any atom is -0.478 e. The fourth-order valence-electron chi connectivity index (χ4n) is 2.53. The Labute approximate surface area is 149 Å². The van der Waals surface area contributed by atoms with Crippen molar-refractivity contribution in [3.63, 3.8) is 0 Å². The second-order valence-electron chi connectivity index (χ2n) is 6.14. The zero-order valence-corrected chi connectivity index (χ0v) is 14.2. The van der Waals surface area contributed by atoms with Crippen LogP contribution in [0.5, 0.6) is 0 Å². The molecule has 0 unspecified atom stereocenters. The largest absolute Gasteiger partial charge is 0.478 e. The number of benzene rings is 2. The van der Waals surface area contributed by atoms with Crippen molar-refractivity contribution in [2.24, 2.45) is 0 Å². The third kappa shape index (κ3) is 3.46. The molecule has 0 saturated heterocycles. The molecule has 0 fully saturated rings. The molecule has 3 rings (SSSR count). The fourth-order valence-corrected chi connectivity index (χ4v) is 2.53. The average molecular weight is 351 g/mol. The van der Waals surface area contributed by atoms with E-state index in [0.717, 1.165) is 17.0 Å². The number of nitrogens with zero attached hydrogens (tertiary/aromatic N) is 2. The quantitative estimate of drug-likeness (QED) is 0.639. The number of carboxylic acid groups (broad SMARTS) is 2. The van der Waals surface area contributed by atoms with Gasteiger partial charge in [-0.25, -0.2) is 19.6 Å². The van der Waals surface area contributed by atoms with Crippen LogP contribution in [0.3, 0.4) is 0 Å². The molecule has 26 heavy (non-hydrogen) atoms. The van der Waals surface area contributed by atoms with E-state index in [4.69, 9.17) is 0 Å². The molecule has 0 bridgehead atoms. The summed E-state index contributed by atoms with van der Waals surface area (Å²) in [6, 6.07) is 11.3. The van der Waals surface area contributed by atoms with Crippen molar-refractivity contribution in [2.75, 3.05) is 5.32 Å². The Morgan fingerprint density at radius 3 is 2.15 bits per heavy atom. The molecular formula is C19H17N3O4. The summed E-state index contributed by atoms with van der Waals surface area (Å²) in [6.45, 7) is 3.95. The molecule has 0 aliphatic carbocycles. The number of carbonyl (C=O) groups is 2. The van der Waals surface area contributed by atoms with Crippen LogP contribution in [-0.4, -0.2) is 32.1 Å². The summed E-state index contributed by atoms with van der Waals surface area (Å²) in [4.78, 5) is 31.6. The highest BCUT2D eigenvalue weighted by molar-refractivity contribution is 5.97. The van der Waals surface area contributed by atoms with Crippen LogP contribution in [0.25, 0.3) is 10.9 Å². The standard InChI is InChI=1S/C19H17N3O4/c1-10(2)16-21-15-6-4-3-5-14(15)17(22-16)20-13-8-11(18(23)24)7-12(9-13)19(25)26/h3-10H,1-2H3,(H,23,24)(H,25,26)(H,20,21,22). The topological polar surface area (TPSA) is 112 Å². The Hall–Kier alpha value is -3.48. The van der Waals surface area contributed by atoms with Crippen LogP contribution >= 0.6 is 0 Å². The number of rotatable bonds is 5. The average Bonchev–Trinajstić information content (AvgIpc) is 2.61. The molecule has 3 aromatic rings. The first-order chi connectivity index (χ1) is 12.3. The van der Waals surface area contributed by atoms with Gasteiger partial charge in [0.05, 0.1) is 16.6 Å². The molecule has 0 radical (unpaired) electrons. The second-order valence-corrected chi connectivity index (χ2v) is 6.14. The smallest absolute Gasteiger partial charge is 0.335 e. The van der Waals surface area contributed by atoms with Crippen molar-refractivity contribution >= 4 is 34.3 Å². The number of anilines is 2. The molecule has 1 aromatic heterocycles. The summed E-state index contributed by atoms with van der Waals surface area (Å²) in [7, 11) is 0. The Kier molecular flexibility index (Phi) is 4.53. The number of hydrogen-bond donors (Lipinski definition) is 3. The van der Waals surface area contributed by atoms with Gasteiger partial charge < -0.3 is 15.5 Å². The van der Waals surface area contributed by atoms with Gasteiger partial charge in [0.2, 0.25) is 0 Å². The Morgan fingerprint density at radius 2 is 1.58 bits per heavy atom. The summed E-state index contributed by atoms with van der Waals surface area (Å²) in [5.41, 5.74) is 0.854. The Morgan fingerprint density at radius 1 is 0.962 bits per heavy atom. The number of hydrogen-bond acceptors (Lipinski definition) is 5. The zero-order valence-electron chi connectivity index (χ0n) is 14.2. The van der Waals surface area contributed by atoms with Gasteiger partial charge in [0.25, 0.3) is 0 Å². The normalized spacial score (nSPS) is 10.9. The van der Waals surface area contributed by atoms with Gasteiger partial charge in [-0.2, -0.15) is 0 Å². The highest BCUT2D eigenvalue weighted by Gasteiger charge is 2.14. The number of carboxylic acids is 2. The maximum absolute atomic E-state index is 11.3. The Bertz CT molecular complexity index is 983. The van der Waals surface area contributed by atoms with Crippen LogP contribution in [0, 0.1) is 0 Å². The molecule has 0 amide bonds. The van der Waals surface area contributed by atoms with Crippen LogP contribution in [-0.2, 0) is 0 Å². The summed E-state index contributed by atoms with van der Waals surface area (Å²) >= 11 is 0. The molecule has 132 valence electrons. The van der Waals surface area contributed by atoms with Crippen LogP contribution < -0.4 is 5.32 Å². The van der Waals surface area contributed by atoms with E-state index in [-0.39, 0.29) is 17.0 Å². The van der Waals surface area contributed by atoms with Gasteiger partial charge in [0, 0.05) is 17.0 Å². The van der Waals surface area contributed by atoms with Crippen molar-refractivity contribution in [3.8, 4) is 0 Å². The first-order valence-electron chi connectivity index (χ1n) is 8.00. The molecule has 0 aliphatic heterocycles. The van der Waals surface area contributed by atoms with Crippen LogP contribution in [0.2, 0.25) is 0 Å². The van der Waals surface area contributed by atoms with E-state index >= 15 is 0 Å². The lowest BCUT2D eigenvalue weighted by molar-refractivity contribution is 0.0696. The van der Waals surface area contributed by atoms with Gasteiger partial charge in [0.1, 0.15) is 11.6 Å². The van der Waals surface area contributed by atoms with E-state index < -0.39 is 11.9 Å². The molecular weight excluding hydrogens is 334 g/mol. The van der Waals surface area contributed by atoms with Gasteiger partial charge in [-0.15, -0.1) is 0 Å². The molecule has 7 heteroatoms. The SMILES string of the molecule is CC(C)c1nc(Nc2cc(C(=O)O)cc(C(=O)O)c2)c2ccccc2n1. The van der Waals surface area contributed by atoms with E-state index in [1.54, 1.807) is 0 Å². The first kappa shape index (κ1) is 17.3. The number of aromatic carboxylic acids is 2. The summed E-state index contributed by atoms with van der Waals surface area (Å²) < 4.78 is 0. The number of para-hydroxylation sites is 1. The molecule has 1 heterocycles. The molecule has 3 N–H and O–H groups in total. The molecule has 0 atom stereocenters. The second kappa shape index (κ2) is 6.79. The van der Waals surface area contributed by atoms with Crippen molar-refractivity contribution < 1.29 is 19.8 Å². The highest BCUT2D eigenvalue weighted by atomic mass is 16.4. The molecule has 7 nitrogen and oxygen atoms in total. The van der Waals surface area contributed by atoms with Crippen molar-refractivity contribution in [2.45, 2.75) is 19.8 Å². The van der Waals surface area contributed by atoms with E-state index in [1.165, 1.54) is 12.1 Å².